The molecular weight excluding hydrogens is 407 g/mol. The summed E-state index contributed by atoms with van der Waals surface area (Å²) >= 11 is 0. The molecule has 32 heavy (non-hydrogen) atoms. The number of benzene rings is 4. The number of carbonyl (C=O) groups is 1. The average Bonchev–Trinajstić information content (AvgIpc) is 2.83. The van der Waals surface area contributed by atoms with Crippen molar-refractivity contribution in [2.45, 2.75) is 19.4 Å². The molecule has 0 aliphatic rings. The molecule has 0 aliphatic heterocycles. The van der Waals surface area contributed by atoms with Crippen LogP contribution < -0.4 is 39.4 Å². The molecule has 0 aromatic heterocycles. The third-order valence-corrected chi connectivity index (χ3v) is 5.23. The molecule has 4 aromatic carbocycles. The van der Waals surface area contributed by atoms with Gasteiger partial charge in [0.25, 0.3) is 0 Å². The SMILES string of the molecule is O=C([O-])CCc1ccccc1-c1cccc(-c2ccc(OCc3ccccc3)cc2)c1.[Na+]. The Kier molecular flexibility index (Phi) is 8.69. The standard InChI is InChI=1S/C28H24O3.Na/c29-28(30)18-15-23-9-4-5-12-27(23)25-11-6-10-24(19-25)22-13-16-26(17-14-22)31-20-21-7-2-1-3-8-21;/h1-14,16-17,19H,15,18,20H2,(H,29,30);/q;+1/p-1. The summed E-state index contributed by atoms with van der Waals surface area (Å²) in [5.74, 6) is -0.200. The summed E-state index contributed by atoms with van der Waals surface area (Å²) in [6, 6.07) is 34.4. The second-order valence-corrected chi connectivity index (χ2v) is 7.41. The first kappa shape index (κ1) is 23.8. The van der Waals surface area contributed by atoms with E-state index in [-0.39, 0.29) is 36.0 Å². The van der Waals surface area contributed by atoms with Gasteiger partial charge in [-0.2, -0.15) is 0 Å². The topological polar surface area (TPSA) is 49.4 Å². The Morgan fingerprint density at radius 2 is 1.41 bits per heavy atom. The number of rotatable bonds is 8. The van der Waals surface area contributed by atoms with Gasteiger partial charge in [0, 0.05) is 5.97 Å². The minimum Gasteiger partial charge on any atom is -0.550 e. The van der Waals surface area contributed by atoms with Crippen molar-refractivity contribution in [3.63, 3.8) is 0 Å². The maximum atomic E-state index is 10.9. The number of aryl methyl sites for hydroxylation is 1. The molecule has 3 nitrogen and oxygen atoms in total. The van der Waals surface area contributed by atoms with Crippen LogP contribution in [-0.4, -0.2) is 5.97 Å². The van der Waals surface area contributed by atoms with Crippen LogP contribution in [0.2, 0.25) is 0 Å². The molecule has 0 spiro atoms. The fraction of sp³-hybridized carbons (Fsp3) is 0.107. The van der Waals surface area contributed by atoms with Crippen molar-refractivity contribution in [3.8, 4) is 28.0 Å². The zero-order chi connectivity index (χ0) is 21.5. The van der Waals surface area contributed by atoms with E-state index in [9.17, 15) is 9.90 Å². The second-order valence-electron chi connectivity index (χ2n) is 7.41. The number of hydrogen-bond donors (Lipinski definition) is 0. The largest absolute Gasteiger partial charge is 1.00 e. The van der Waals surface area contributed by atoms with Crippen LogP contribution in [0.1, 0.15) is 17.5 Å². The molecule has 0 amide bonds. The summed E-state index contributed by atoms with van der Waals surface area (Å²) in [7, 11) is 0. The van der Waals surface area contributed by atoms with E-state index < -0.39 is 5.97 Å². The summed E-state index contributed by atoms with van der Waals surface area (Å²) < 4.78 is 5.88. The van der Waals surface area contributed by atoms with E-state index in [0.29, 0.717) is 13.0 Å². The molecule has 4 heteroatoms. The van der Waals surface area contributed by atoms with Crippen molar-refractivity contribution < 1.29 is 44.2 Å². The Balaban J connectivity index is 0.00000289. The van der Waals surface area contributed by atoms with E-state index in [1.165, 1.54) is 0 Å². The normalized spacial score (nSPS) is 10.2. The van der Waals surface area contributed by atoms with Crippen LogP contribution in [0.15, 0.2) is 103 Å². The molecule has 0 radical (unpaired) electrons. The molecule has 0 aliphatic carbocycles. The number of hydrogen-bond acceptors (Lipinski definition) is 3. The first-order valence-corrected chi connectivity index (χ1v) is 10.3. The van der Waals surface area contributed by atoms with Crippen LogP contribution in [0.25, 0.3) is 22.3 Å². The van der Waals surface area contributed by atoms with Gasteiger partial charge in [0.05, 0.1) is 0 Å². The van der Waals surface area contributed by atoms with Crippen molar-refractivity contribution in [2.24, 2.45) is 0 Å². The zero-order valence-electron chi connectivity index (χ0n) is 18.2. The first-order chi connectivity index (χ1) is 15.2. The predicted molar refractivity (Wildman–Crippen MR) is 121 cm³/mol. The Labute approximate surface area is 211 Å². The predicted octanol–water partition coefficient (Wildman–Crippen LogP) is 2.29. The molecular formula is C28H23NaO3. The molecule has 0 saturated carbocycles. The van der Waals surface area contributed by atoms with Crippen LogP contribution in [-0.2, 0) is 17.8 Å². The van der Waals surface area contributed by atoms with E-state index in [4.69, 9.17) is 4.74 Å². The maximum Gasteiger partial charge on any atom is 1.00 e. The summed E-state index contributed by atoms with van der Waals surface area (Å²) in [6.07, 6.45) is 0.470. The quantitative estimate of drug-likeness (QED) is 0.403. The van der Waals surface area contributed by atoms with Crippen LogP contribution >= 0.6 is 0 Å². The molecule has 0 unspecified atom stereocenters. The van der Waals surface area contributed by atoms with Crippen LogP contribution in [0.3, 0.4) is 0 Å². The number of aliphatic carboxylic acids is 1. The van der Waals surface area contributed by atoms with E-state index in [1.54, 1.807) is 0 Å². The van der Waals surface area contributed by atoms with E-state index in [1.807, 2.05) is 72.8 Å². The van der Waals surface area contributed by atoms with Crippen molar-refractivity contribution in [3.05, 3.63) is 114 Å². The Bertz CT molecular complexity index is 1150. The number of carbonyl (C=O) groups excluding carboxylic acids is 1. The summed E-state index contributed by atoms with van der Waals surface area (Å²) in [4.78, 5) is 10.9. The van der Waals surface area contributed by atoms with Gasteiger partial charge in [-0.3, -0.25) is 0 Å². The molecule has 4 aromatic rings. The molecule has 0 saturated heterocycles. The maximum absolute atomic E-state index is 10.9. The van der Waals surface area contributed by atoms with Crippen molar-refractivity contribution >= 4 is 5.97 Å². The molecule has 154 valence electrons. The number of ether oxygens (including phenoxy) is 1. The van der Waals surface area contributed by atoms with Gasteiger partial charge in [0.15, 0.2) is 0 Å². The fourth-order valence-electron chi connectivity index (χ4n) is 3.61. The van der Waals surface area contributed by atoms with Gasteiger partial charge in [-0.25, -0.2) is 0 Å². The third kappa shape index (κ3) is 6.33. The van der Waals surface area contributed by atoms with Gasteiger partial charge in [-0.1, -0.05) is 84.9 Å². The van der Waals surface area contributed by atoms with Crippen LogP contribution in [0.4, 0.5) is 0 Å². The van der Waals surface area contributed by atoms with Crippen LogP contribution in [0.5, 0.6) is 5.75 Å². The molecule has 0 heterocycles. The molecule has 4 rings (SSSR count). The third-order valence-electron chi connectivity index (χ3n) is 5.23. The zero-order valence-corrected chi connectivity index (χ0v) is 20.2. The average molecular weight is 430 g/mol. The molecule has 0 N–H and O–H groups in total. The summed E-state index contributed by atoms with van der Waals surface area (Å²) in [5.41, 5.74) is 6.46. The number of carboxylic acids is 1. The Morgan fingerprint density at radius 1 is 0.719 bits per heavy atom. The van der Waals surface area contributed by atoms with Gasteiger partial charge in [0.1, 0.15) is 12.4 Å². The van der Waals surface area contributed by atoms with E-state index in [0.717, 1.165) is 39.1 Å². The smallest absolute Gasteiger partial charge is 0.550 e. The van der Waals surface area contributed by atoms with Crippen molar-refractivity contribution in [1.29, 1.82) is 0 Å². The van der Waals surface area contributed by atoms with Gasteiger partial charge >= 0.3 is 29.6 Å². The Hall–Kier alpha value is -2.85. The summed E-state index contributed by atoms with van der Waals surface area (Å²) in [6.45, 7) is 0.540. The van der Waals surface area contributed by atoms with Gasteiger partial charge < -0.3 is 14.6 Å². The molecule has 0 bridgehead atoms. The molecule has 0 fully saturated rings. The number of carboxylic acid groups (broad SMARTS) is 1. The molecule has 0 atom stereocenters. The van der Waals surface area contributed by atoms with Gasteiger partial charge in [0.2, 0.25) is 0 Å². The second kappa shape index (κ2) is 11.7. The van der Waals surface area contributed by atoms with E-state index in [2.05, 4.69) is 30.3 Å². The minimum atomic E-state index is -1.03. The fourth-order valence-corrected chi connectivity index (χ4v) is 3.61. The first-order valence-electron chi connectivity index (χ1n) is 10.3. The van der Waals surface area contributed by atoms with Crippen LogP contribution in [0, 0.1) is 0 Å². The van der Waals surface area contributed by atoms with Gasteiger partial charge in [-0.05, 0) is 64.4 Å². The summed E-state index contributed by atoms with van der Waals surface area (Å²) in [5, 5.41) is 10.9. The van der Waals surface area contributed by atoms with Crippen molar-refractivity contribution in [1.82, 2.24) is 0 Å². The van der Waals surface area contributed by atoms with Crippen molar-refractivity contribution in [2.75, 3.05) is 0 Å². The van der Waals surface area contributed by atoms with E-state index >= 15 is 0 Å². The van der Waals surface area contributed by atoms with Gasteiger partial charge in [-0.15, -0.1) is 0 Å². The Morgan fingerprint density at radius 3 is 2.16 bits per heavy atom. The monoisotopic (exact) mass is 430 g/mol. The minimum absolute atomic E-state index is 0.